The summed E-state index contributed by atoms with van der Waals surface area (Å²) in [4.78, 5) is 14.6. The van der Waals surface area contributed by atoms with Crippen LogP contribution in [0, 0.1) is 0 Å². The first-order valence-electron chi connectivity index (χ1n) is 10.2. The lowest BCUT2D eigenvalue weighted by Crippen LogP contribution is -2.52. The van der Waals surface area contributed by atoms with Crippen molar-refractivity contribution in [2.24, 2.45) is 0 Å². The van der Waals surface area contributed by atoms with E-state index in [1.807, 2.05) is 53.4 Å². The first-order chi connectivity index (χ1) is 14.1. The fraction of sp³-hybridized carbons (Fsp3) is 0.435. The molecule has 3 aliphatic heterocycles. The zero-order chi connectivity index (χ0) is 19.8. The summed E-state index contributed by atoms with van der Waals surface area (Å²) < 4.78 is 16.8. The molecule has 2 unspecified atom stereocenters. The summed E-state index contributed by atoms with van der Waals surface area (Å²) in [7, 11) is 0. The van der Waals surface area contributed by atoms with E-state index in [4.69, 9.17) is 14.2 Å². The van der Waals surface area contributed by atoms with Gasteiger partial charge in [-0.25, -0.2) is 4.79 Å². The second kappa shape index (κ2) is 7.26. The molecule has 3 aliphatic rings. The maximum Gasteiger partial charge on any atom is 0.410 e. The number of amides is 1. The molecule has 2 atom stereocenters. The first kappa shape index (κ1) is 18.3. The molecule has 0 aliphatic carbocycles. The van der Waals surface area contributed by atoms with Crippen molar-refractivity contribution in [3.05, 3.63) is 59.7 Å². The summed E-state index contributed by atoms with van der Waals surface area (Å²) in [5.41, 5.74) is 0.826. The lowest BCUT2D eigenvalue weighted by Gasteiger charge is -2.43. The number of piperidine rings is 1. The Morgan fingerprint density at radius 3 is 2.45 bits per heavy atom. The van der Waals surface area contributed by atoms with Gasteiger partial charge in [0.05, 0.1) is 5.60 Å². The van der Waals surface area contributed by atoms with E-state index in [1.165, 1.54) is 0 Å². The number of rotatable bonds is 3. The smallest absolute Gasteiger partial charge is 0.410 e. The van der Waals surface area contributed by atoms with Gasteiger partial charge in [-0.05, 0) is 36.1 Å². The van der Waals surface area contributed by atoms with Crippen molar-refractivity contribution in [1.29, 1.82) is 0 Å². The van der Waals surface area contributed by atoms with E-state index in [1.54, 1.807) is 0 Å². The lowest BCUT2D eigenvalue weighted by atomic mass is 9.80. The number of benzene rings is 2. The SMILES string of the molecule is O=C(OCc1ccccc1)N1C2CCC1CC(O)(c1ccc3c(c1)OCCO3)C2. The number of carbonyl (C=O) groups is 1. The van der Waals surface area contributed by atoms with Crippen LogP contribution in [0.25, 0.3) is 0 Å². The van der Waals surface area contributed by atoms with Crippen LogP contribution in [0.2, 0.25) is 0 Å². The highest BCUT2D eigenvalue weighted by molar-refractivity contribution is 5.69. The monoisotopic (exact) mass is 395 g/mol. The van der Waals surface area contributed by atoms with Gasteiger partial charge in [-0.15, -0.1) is 0 Å². The Morgan fingerprint density at radius 2 is 1.72 bits per heavy atom. The van der Waals surface area contributed by atoms with Crippen LogP contribution < -0.4 is 9.47 Å². The maximum atomic E-state index is 12.8. The third-order valence-corrected chi connectivity index (χ3v) is 6.26. The molecule has 2 aromatic rings. The summed E-state index contributed by atoms with van der Waals surface area (Å²) >= 11 is 0. The average molecular weight is 395 g/mol. The molecule has 0 saturated carbocycles. The Kier molecular flexibility index (Phi) is 4.59. The Bertz CT molecular complexity index is 885. The van der Waals surface area contributed by atoms with Crippen molar-refractivity contribution >= 4 is 6.09 Å². The minimum absolute atomic E-state index is 0.0183. The van der Waals surface area contributed by atoms with Gasteiger partial charge in [0.2, 0.25) is 0 Å². The predicted molar refractivity (Wildman–Crippen MR) is 106 cm³/mol. The molecule has 1 amide bonds. The first-order valence-corrected chi connectivity index (χ1v) is 10.2. The third kappa shape index (κ3) is 3.42. The third-order valence-electron chi connectivity index (χ3n) is 6.26. The fourth-order valence-corrected chi connectivity index (χ4v) is 4.89. The number of aliphatic hydroxyl groups is 1. The van der Waals surface area contributed by atoms with E-state index >= 15 is 0 Å². The fourth-order valence-electron chi connectivity index (χ4n) is 4.89. The quantitative estimate of drug-likeness (QED) is 0.860. The maximum absolute atomic E-state index is 12.8. The van der Waals surface area contributed by atoms with Crippen molar-refractivity contribution in [2.45, 2.75) is 50.0 Å². The lowest BCUT2D eigenvalue weighted by molar-refractivity contribution is -0.0538. The van der Waals surface area contributed by atoms with E-state index < -0.39 is 5.60 Å². The van der Waals surface area contributed by atoms with Crippen molar-refractivity contribution in [2.75, 3.05) is 13.2 Å². The topological polar surface area (TPSA) is 68.2 Å². The van der Waals surface area contributed by atoms with Crippen molar-refractivity contribution in [3.8, 4) is 11.5 Å². The second-order valence-electron chi connectivity index (χ2n) is 8.13. The molecule has 1 N–H and O–H groups in total. The minimum Gasteiger partial charge on any atom is -0.486 e. The van der Waals surface area contributed by atoms with Crippen LogP contribution >= 0.6 is 0 Å². The normalized spacial score (nSPS) is 27.6. The van der Waals surface area contributed by atoms with Crippen LogP contribution in [0.1, 0.15) is 36.8 Å². The van der Waals surface area contributed by atoms with Crippen molar-refractivity contribution < 1.29 is 24.1 Å². The highest BCUT2D eigenvalue weighted by Crippen LogP contribution is 2.47. The predicted octanol–water partition coefficient (Wildman–Crippen LogP) is 3.61. The van der Waals surface area contributed by atoms with Gasteiger partial charge in [0.1, 0.15) is 19.8 Å². The minimum atomic E-state index is -0.974. The molecule has 152 valence electrons. The summed E-state index contributed by atoms with van der Waals surface area (Å²) in [6.07, 6.45) is 2.49. The van der Waals surface area contributed by atoms with Crippen LogP contribution in [-0.2, 0) is 16.9 Å². The Labute approximate surface area is 170 Å². The number of carbonyl (C=O) groups excluding carboxylic acids is 1. The van der Waals surface area contributed by atoms with Crippen LogP contribution in [0.5, 0.6) is 11.5 Å². The summed E-state index contributed by atoms with van der Waals surface area (Å²) in [6.45, 7) is 1.32. The largest absolute Gasteiger partial charge is 0.486 e. The van der Waals surface area contributed by atoms with Crippen LogP contribution in [0.3, 0.4) is 0 Å². The van der Waals surface area contributed by atoms with E-state index in [0.29, 0.717) is 37.6 Å². The van der Waals surface area contributed by atoms with Crippen LogP contribution in [0.4, 0.5) is 4.79 Å². The van der Waals surface area contributed by atoms with Gasteiger partial charge >= 0.3 is 6.09 Å². The summed E-state index contributed by atoms with van der Waals surface area (Å²) in [5.74, 6) is 1.40. The Hall–Kier alpha value is -2.73. The molecular formula is C23H25NO5. The highest BCUT2D eigenvalue weighted by Gasteiger charge is 2.50. The molecule has 0 aromatic heterocycles. The zero-order valence-corrected chi connectivity index (χ0v) is 16.3. The zero-order valence-electron chi connectivity index (χ0n) is 16.3. The van der Waals surface area contributed by atoms with Crippen LogP contribution in [-0.4, -0.2) is 41.4 Å². The van der Waals surface area contributed by atoms with Gasteiger partial charge in [-0.2, -0.15) is 0 Å². The molecule has 29 heavy (non-hydrogen) atoms. The molecule has 0 spiro atoms. The number of fused-ring (bicyclic) bond motifs is 3. The molecular weight excluding hydrogens is 370 g/mol. The van der Waals surface area contributed by atoms with Gasteiger partial charge < -0.3 is 24.2 Å². The molecule has 3 heterocycles. The average Bonchev–Trinajstić information content (AvgIpc) is 3.04. The number of hydrogen-bond acceptors (Lipinski definition) is 5. The molecule has 6 heteroatoms. The number of ether oxygens (including phenoxy) is 3. The second-order valence-corrected chi connectivity index (χ2v) is 8.13. The molecule has 2 saturated heterocycles. The Balaban J connectivity index is 1.30. The van der Waals surface area contributed by atoms with Gasteiger partial charge in [-0.3, -0.25) is 0 Å². The van der Waals surface area contributed by atoms with E-state index in [9.17, 15) is 9.90 Å². The Morgan fingerprint density at radius 1 is 1.03 bits per heavy atom. The number of hydrogen-bond donors (Lipinski definition) is 1. The number of nitrogens with zero attached hydrogens (tertiary/aromatic N) is 1. The van der Waals surface area contributed by atoms with E-state index in [0.717, 1.165) is 24.0 Å². The standard InChI is InChI=1S/C23H25NO5/c25-22(29-15-16-4-2-1-3-5-16)24-18-7-8-19(24)14-23(26,13-18)17-6-9-20-21(12-17)28-11-10-27-20/h1-6,9,12,18-19,26H,7-8,10-11,13-15H2. The van der Waals surface area contributed by atoms with Gasteiger partial charge in [0.25, 0.3) is 0 Å². The summed E-state index contributed by atoms with van der Waals surface area (Å²) in [5, 5.41) is 11.5. The summed E-state index contributed by atoms with van der Waals surface area (Å²) in [6, 6.07) is 15.3. The molecule has 5 rings (SSSR count). The van der Waals surface area contributed by atoms with Gasteiger partial charge in [-0.1, -0.05) is 36.4 Å². The van der Waals surface area contributed by atoms with E-state index in [-0.39, 0.29) is 24.8 Å². The highest BCUT2D eigenvalue weighted by atomic mass is 16.6. The molecule has 2 bridgehead atoms. The molecule has 6 nitrogen and oxygen atoms in total. The van der Waals surface area contributed by atoms with Crippen molar-refractivity contribution in [3.63, 3.8) is 0 Å². The van der Waals surface area contributed by atoms with Crippen molar-refractivity contribution in [1.82, 2.24) is 4.90 Å². The van der Waals surface area contributed by atoms with Crippen LogP contribution in [0.15, 0.2) is 48.5 Å². The molecule has 0 radical (unpaired) electrons. The molecule has 2 fully saturated rings. The van der Waals surface area contributed by atoms with E-state index in [2.05, 4.69) is 0 Å². The van der Waals surface area contributed by atoms with Gasteiger partial charge in [0, 0.05) is 24.9 Å². The van der Waals surface area contributed by atoms with Gasteiger partial charge in [0.15, 0.2) is 11.5 Å². The molecule has 2 aromatic carbocycles.